The van der Waals surface area contributed by atoms with Gasteiger partial charge in [-0.3, -0.25) is 14.9 Å². The Bertz CT molecular complexity index is 1010. The Kier molecular flexibility index (Phi) is 4.25. The number of carbonyl (C=O) groups is 2. The molecule has 1 unspecified atom stereocenters. The zero-order chi connectivity index (χ0) is 18.3. The van der Waals surface area contributed by atoms with Crippen molar-refractivity contribution in [2.24, 2.45) is 0 Å². The molecule has 1 atom stereocenters. The van der Waals surface area contributed by atoms with Gasteiger partial charge in [0, 0.05) is 10.9 Å². The molecule has 9 heteroatoms. The fraction of sp³-hybridized carbons (Fsp3) is 0.118. The van der Waals surface area contributed by atoms with Crippen LogP contribution in [0.15, 0.2) is 44.8 Å². The molecule has 2 amide bonds. The second kappa shape index (κ2) is 6.58. The fourth-order valence-electron chi connectivity index (χ4n) is 2.43. The Morgan fingerprint density at radius 2 is 2.19 bits per heavy atom. The number of nitrogens with zero attached hydrogens (tertiary/aromatic N) is 1. The van der Waals surface area contributed by atoms with Gasteiger partial charge in [0.05, 0.1) is 11.4 Å². The number of thiazole rings is 1. The first kappa shape index (κ1) is 16.8. The van der Waals surface area contributed by atoms with E-state index >= 15 is 0 Å². The van der Waals surface area contributed by atoms with E-state index in [-0.39, 0.29) is 17.6 Å². The fourth-order valence-corrected chi connectivity index (χ4v) is 3.45. The first-order valence-corrected chi connectivity index (χ1v) is 9.31. The highest BCUT2D eigenvalue weighted by Gasteiger charge is 2.24. The number of furan rings is 1. The molecule has 1 aliphatic heterocycles. The van der Waals surface area contributed by atoms with Crippen LogP contribution in [0.3, 0.4) is 0 Å². The molecule has 26 heavy (non-hydrogen) atoms. The lowest BCUT2D eigenvalue weighted by atomic mass is 10.1. The summed E-state index contributed by atoms with van der Waals surface area (Å²) in [7, 11) is 0. The third-order valence-corrected chi connectivity index (χ3v) is 4.91. The molecule has 0 saturated heterocycles. The van der Waals surface area contributed by atoms with Gasteiger partial charge in [0.15, 0.2) is 21.7 Å². The summed E-state index contributed by atoms with van der Waals surface area (Å²) in [5.74, 6) is 0.242. The van der Waals surface area contributed by atoms with E-state index in [1.807, 2.05) is 11.4 Å². The van der Waals surface area contributed by atoms with Crippen molar-refractivity contribution in [3.05, 3.63) is 46.1 Å². The summed E-state index contributed by atoms with van der Waals surface area (Å²) in [4.78, 5) is 28.3. The molecule has 0 spiro atoms. The molecule has 3 aromatic rings. The van der Waals surface area contributed by atoms with Gasteiger partial charge in [-0.2, -0.15) is 0 Å². The molecule has 1 aliphatic rings. The van der Waals surface area contributed by atoms with E-state index in [1.54, 1.807) is 31.2 Å². The molecule has 2 N–H and O–H groups in total. The molecule has 132 valence electrons. The van der Waals surface area contributed by atoms with Crippen molar-refractivity contribution < 1.29 is 18.7 Å². The third kappa shape index (κ3) is 3.23. The Morgan fingerprint density at radius 1 is 1.35 bits per heavy atom. The average molecular weight is 434 g/mol. The molecule has 0 saturated carbocycles. The molecule has 0 bridgehead atoms. The van der Waals surface area contributed by atoms with Gasteiger partial charge in [-0.05, 0) is 53.2 Å². The number of rotatable bonds is 3. The monoisotopic (exact) mass is 433 g/mol. The number of ether oxygens (including phenoxy) is 1. The van der Waals surface area contributed by atoms with Crippen molar-refractivity contribution in [2.45, 2.75) is 13.0 Å². The second-order valence-corrected chi connectivity index (χ2v) is 7.20. The van der Waals surface area contributed by atoms with Crippen LogP contribution in [0.25, 0.3) is 11.3 Å². The van der Waals surface area contributed by atoms with Crippen LogP contribution in [0.1, 0.15) is 17.5 Å². The second-order valence-electron chi connectivity index (χ2n) is 5.56. The molecule has 2 aromatic heterocycles. The number of fused-ring (bicyclic) bond motifs is 1. The number of nitrogens with one attached hydrogen (secondary N) is 2. The number of carbonyl (C=O) groups excluding carboxylic acids is 2. The van der Waals surface area contributed by atoms with Crippen LogP contribution >= 0.6 is 27.3 Å². The maximum atomic E-state index is 12.1. The molecule has 0 fully saturated rings. The standard InChI is InChI=1S/C17H12BrN3O4S/c1-8-15(22)19-10-6-9(2-3-12(10)24-8)11-7-26-17(20-11)21-16(23)13-4-5-14(18)25-13/h2-8H,1H3,(H,19,22)(H,20,21,23). The smallest absolute Gasteiger partial charge is 0.293 e. The summed E-state index contributed by atoms with van der Waals surface area (Å²) in [6.45, 7) is 1.69. The molecule has 7 nitrogen and oxygen atoms in total. The molecular formula is C17H12BrN3O4S. The largest absolute Gasteiger partial charge is 0.479 e. The topological polar surface area (TPSA) is 93.5 Å². The molecule has 4 rings (SSSR count). The van der Waals surface area contributed by atoms with E-state index in [0.717, 1.165) is 5.56 Å². The molecule has 1 aromatic carbocycles. The van der Waals surface area contributed by atoms with Gasteiger partial charge in [-0.15, -0.1) is 11.3 Å². The van der Waals surface area contributed by atoms with Crippen molar-refractivity contribution in [1.29, 1.82) is 0 Å². The van der Waals surface area contributed by atoms with E-state index in [0.29, 0.717) is 26.9 Å². The van der Waals surface area contributed by atoms with Crippen molar-refractivity contribution in [3.8, 4) is 17.0 Å². The number of hydrogen-bond donors (Lipinski definition) is 2. The summed E-state index contributed by atoms with van der Waals surface area (Å²) in [5, 5.41) is 7.78. The van der Waals surface area contributed by atoms with E-state index in [2.05, 4.69) is 31.5 Å². The van der Waals surface area contributed by atoms with Gasteiger partial charge in [0.2, 0.25) is 0 Å². The minimum Gasteiger partial charge on any atom is -0.479 e. The van der Waals surface area contributed by atoms with Gasteiger partial charge < -0.3 is 14.5 Å². The Hall–Kier alpha value is -2.65. The van der Waals surface area contributed by atoms with E-state index in [9.17, 15) is 9.59 Å². The lowest BCUT2D eigenvalue weighted by Crippen LogP contribution is -2.34. The van der Waals surface area contributed by atoms with Gasteiger partial charge in [-0.1, -0.05) is 0 Å². The van der Waals surface area contributed by atoms with Crippen LogP contribution in [0.4, 0.5) is 10.8 Å². The molecule has 0 aliphatic carbocycles. The normalized spacial score (nSPS) is 15.8. The number of halogens is 1. The Labute approximate surface area is 160 Å². The summed E-state index contributed by atoms with van der Waals surface area (Å²) >= 11 is 4.46. The number of benzene rings is 1. The molecule has 0 radical (unpaired) electrons. The summed E-state index contributed by atoms with van der Waals surface area (Å²) in [6.07, 6.45) is -0.518. The van der Waals surface area contributed by atoms with Gasteiger partial charge in [0.1, 0.15) is 5.75 Å². The van der Waals surface area contributed by atoms with Crippen molar-refractivity contribution in [1.82, 2.24) is 4.98 Å². The number of amides is 2. The predicted octanol–water partition coefficient (Wildman–Crippen LogP) is 4.14. The number of aromatic nitrogens is 1. The SMILES string of the molecule is CC1Oc2ccc(-c3csc(NC(=O)c4ccc(Br)o4)n3)cc2NC1=O. The van der Waals surface area contributed by atoms with Crippen molar-refractivity contribution in [2.75, 3.05) is 10.6 Å². The number of anilines is 2. The quantitative estimate of drug-likeness (QED) is 0.647. The first-order valence-electron chi connectivity index (χ1n) is 7.64. The van der Waals surface area contributed by atoms with Gasteiger partial charge in [0.25, 0.3) is 11.8 Å². The van der Waals surface area contributed by atoms with Crippen LogP contribution < -0.4 is 15.4 Å². The minimum absolute atomic E-state index is 0.189. The molecular weight excluding hydrogens is 422 g/mol. The maximum absolute atomic E-state index is 12.1. The lowest BCUT2D eigenvalue weighted by Gasteiger charge is -2.23. The summed E-state index contributed by atoms with van der Waals surface area (Å²) in [6, 6.07) is 8.66. The van der Waals surface area contributed by atoms with Gasteiger partial charge in [-0.25, -0.2) is 4.98 Å². The first-order chi connectivity index (χ1) is 12.5. The van der Waals surface area contributed by atoms with Crippen LogP contribution in [0.2, 0.25) is 0 Å². The lowest BCUT2D eigenvalue weighted by molar-refractivity contribution is -0.122. The number of hydrogen-bond acceptors (Lipinski definition) is 6. The van der Waals surface area contributed by atoms with Gasteiger partial charge >= 0.3 is 0 Å². The Morgan fingerprint density at radius 3 is 2.96 bits per heavy atom. The van der Waals surface area contributed by atoms with E-state index in [1.165, 1.54) is 11.3 Å². The van der Waals surface area contributed by atoms with Crippen LogP contribution in [-0.2, 0) is 4.79 Å². The van der Waals surface area contributed by atoms with Crippen LogP contribution in [0.5, 0.6) is 5.75 Å². The third-order valence-electron chi connectivity index (χ3n) is 3.73. The zero-order valence-corrected chi connectivity index (χ0v) is 15.8. The Balaban J connectivity index is 1.54. The van der Waals surface area contributed by atoms with Crippen LogP contribution in [-0.4, -0.2) is 22.9 Å². The zero-order valence-electron chi connectivity index (χ0n) is 13.4. The van der Waals surface area contributed by atoms with Crippen LogP contribution in [0, 0.1) is 0 Å². The minimum atomic E-state index is -0.518. The average Bonchev–Trinajstić information content (AvgIpc) is 3.25. The highest BCUT2D eigenvalue weighted by atomic mass is 79.9. The highest BCUT2D eigenvalue weighted by molar-refractivity contribution is 9.10. The highest BCUT2D eigenvalue weighted by Crippen LogP contribution is 2.35. The van der Waals surface area contributed by atoms with Crippen molar-refractivity contribution >= 4 is 49.9 Å². The van der Waals surface area contributed by atoms with Crippen molar-refractivity contribution in [3.63, 3.8) is 0 Å². The summed E-state index contributed by atoms with van der Waals surface area (Å²) < 4.78 is 11.2. The predicted molar refractivity (Wildman–Crippen MR) is 101 cm³/mol. The van der Waals surface area contributed by atoms with E-state index < -0.39 is 6.10 Å². The molecule has 3 heterocycles. The maximum Gasteiger partial charge on any atom is 0.293 e. The summed E-state index contributed by atoms with van der Waals surface area (Å²) in [5.41, 5.74) is 2.09. The van der Waals surface area contributed by atoms with E-state index in [4.69, 9.17) is 9.15 Å².